The fourth-order valence-electron chi connectivity index (χ4n) is 4.58. The van der Waals surface area contributed by atoms with E-state index in [-0.39, 0.29) is 11.3 Å². The summed E-state index contributed by atoms with van der Waals surface area (Å²) in [6, 6.07) is 19.1. The van der Waals surface area contributed by atoms with Crippen molar-refractivity contribution < 1.29 is 19.2 Å². The van der Waals surface area contributed by atoms with Gasteiger partial charge in [0.05, 0.1) is 11.0 Å². The number of nitro benzene ring substituents is 1. The molecule has 2 heterocycles. The maximum atomic E-state index is 13.9. The molecule has 2 atom stereocenters. The van der Waals surface area contributed by atoms with E-state index in [0.29, 0.717) is 17.9 Å². The topological polar surface area (TPSA) is 93.0 Å². The molecule has 3 amide bonds. The third-order valence-electron chi connectivity index (χ3n) is 6.20. The number of rotatable bonds is 3. The number of ether oxygens (including phenoxy) is 1. The summed E-state index contributed by atoms with van der Waals surface area (Å²) in [5.74, 6) is 0.0955. The first-order chi connectivity index (χ1) is 15.8. The van der Waals surface area contributed by atoms with Crippen LogP contribution in [0.5, 0.6) is 5.75 Å². The van der Waals surface area contributed by atoms with E-state index in [0.717, 1.165) is 11.1 Å². The van der Waals surface area contributed by atoms with Gasteiger partial charge in [0.2, 0.25) is 0 Å². The van der Waals surface area contributed by atoms with Crippen LogP contribution in [0.2, 0.25) is 0 Å². The molecule has 33 heavy (non-hydrogen) atoms. The first-order valence-electron chi connectivity index (χ1n) is 10.6. The second-order valence-corrected chi connectivity index (χ2v) is 8.47. The Morgan fingerprint density at radius 2 is 1.73 bits per heavy atom. The van der Waals surface area contributed by atoms with Crippen LogP contribution >= 0.6 is 0 Å². The molecule has 0 saturated carbocycles. The van der Waals surface area contributed by atoms with Crippen molar-refractivity contribution in [2.24, 2.45) is 0 Å². The summed E-state index contributed by atoms with van der Waals surface area (Å²) in [4.78, 5) is 40.7. The molecule has 0 aromatic heterocycles. The van der Waals surface area contributed by atoms with Crippen LogP contribution in [0.4, 0.5) is 16.2 Å². The number of carbonyl (C=O) groups excluding carboxylic acids is 2. The number of imide groups is 1. The van der Waals surface area contributed by atoms with Gasteiger partial charge in [0, 0.05) is 35.4 Å². The van der Waals surface area contributed by atoms with Gasteiger partial charge < -0.3 is 4.74 Å². The van der Waals surface area contributed by atoms with Gasteiger partial charge in [-0.2, -0.15) is 0 Å². The molecule has 3 aromatic carbocycles. The van der Waals surface area contributed by atoms with Crippen LogP contribution in [0.25, 0.3) is 0 Å². The number of para-hydroxylation sites is 1. The van der Waals surface area contributed by atoms with Crippen molar-refractivity contribution in [1.82, 2.24) is 4.90 Å². The molecular weight excluding hydrogens is 422 g/mol. The van der Waals surface area contributed by atoms with Crippen molar-refractivity contribution in [3.63, 3.8) is 0 Å². The largest absolute Gasteiger partial charge is 0.467 e. The first kappa shape index (κ1) is 20.7. The van der Waals surface area contributed by atoms with Crippen molar-refractivity contribution in [1.29, 1.82) is 0 Å². The molecule has 5 rings (SSSR count). The summed E-state index contributed by atoms with van der Waals surface area (Å²) in [6.45, 7) is 3.80. The first-order valence-corrected chi connectivity index (χ1v) is 10.6. The van der Waals surface area contributed by atoms with Crippen molar-refractivity contribution in [3.05, 3.63) is 99.6 Å². The van der Waals surface area contributed by atoms with Gasteiger partial charge in [-0.25, -0.2) is 4.79 Å². The maximum Gasteiger partial charge on any atom is 0.335 e. The lowest BCUT2D eigenvalue weighted by Crippen LogP contribution is -2.67. The smallest absolute Gasteiger partial charge is 0.335 e. The number of hydrogen-bond acceptors (Lipinski definition) is 5. The number of nitro groups is 1. The Labute approximate surface area is 190 Å². The number of carbonyl (C=O) groups is 2. The minimum Gasteiger partial charge on any atom is -0.467 e. The summed E-state index contributed by atoms with van der Waals surface area (Å²) >= 11 is 0. The lowest BCUT2D eigenvalue weighted by Gasteiger charge is -2.53. The van der Waals surface area contributed by atoms with Gasteiger partial charge in [0.25, 0.3) is 11.6 Å². The number of urea groups is 1. The molecule has 0 aliphatic carbocycles. The van der Waals surface area contributed by atoms with Gasteiger partial charge >= 0.3 is 6.03 Å². The zero-order chi connectivity index (χ0) is 23.3. The average molecular weight is 443 g/mol. The van der Waals surface area contributed by atoms with Gasteiger partial charge in [0.1, 0.15) is 5.75 Å². The summed E-state index contributed by atoms with van der Waals surface area (Å²) in [5, 5.41) is 11.0. The Morgan fingerprint density at radius 1 is 1.06 bits per heavy atom. The van der Waals surface area contributed by atoms with Crippen LogP contribution in [0, 0.1) is 17.0 Å². The molecule has 8 heteroatoms. The lowest BCUT2D eigenvalue weighted by molar-refractivity contribution is -0.384. The number of nitrogens with zero attached hydrogens (tertiary/aromatic N) is 3. The number of fused-ring (bicyclic) bond motifs is 4. The van der Waals surface area contributed by atoms with Crippen LogP contribution in [0.15, 0.2) is 72.8 Å². The minimum atomic E-state index is -0.988. The summed E-state index contributed by atoms with van der Waals surface area (Å²) < 4.78 is 6.33. The molecule has 2 aliphatic heterocycles. The van der Waals surface area contributed by atoms with E-state index in [2.05, 4.69) is 0 Å². The van der Waals surface area contributed by atoms with Crippen LogP contribution in [0.3, 0.4) is 0 Å². The molecule has 2 bridgehead atoms. The van der Waals surface area contributed by atoms with Crippen molar-refractivity contribution in [2.75, 3.05) is 4.90 Å². The van der Waals surface area contributed by atoms with Crippen LogP contribution in [-0.4, -0.2) is 27.5 Å². The van der Waals surface area contributed by atoms with Crippen LogP contribution < -0.4 is 9.64 Å². The highest BCUT2D eigenvalue weighted by atomic mass is 16.6. The van der Waals surface area contributed by atoms with Gasteiger partial charge in [0.15, 0.2) is 5.72 Å². The van der Waals surface area contributed by atoms with Crippen molar-refractivity contribution in [2.45, 2.75) is 32.0 Å². The third-order valence-corrected chi connectivity index (χ3v) is 6.20. The Bertz CT molecular complexity index is 1270. The van der Waals surface area contributed by atoms with E-state index in [4.69, 9.17) is 4.74 Å². The zero-order valence-corrected chi connectivity index (χ0v) is 18.1. The standard InChI is InChI=1S/C25H21N3O5/c1-16-7-11-18(12-8-16)27-24(30)26(23(29)17-9-13-19(14-10-17)28(31)32)21-15-25(27,2)33-22-6-4-3-5-20(21)22/h3-14,21H,15H2,1-2H3/t21-,25-/m0/s1. The molecule has 0 radical (unpaired) electrons. The summed E-state index contributed by atoms with van der Waals surface area (Å²) in [6.07, 6.45) is 0.377. The van der Waals surface area contributed by atoms with Gasteiger partial charge in [-0.15, -0.1) is 0 Å². The molecule has 2 aliphatic rings. The van der Waals surface area contributed by atoms with Gasteiger partial charge in [-0.3, -0.25) is 24.7 Å². The zero-order valence-electron chi connectivity index (χ0n) is 18.1. The molecule has 0 spiro atoms. The second kappa shape index (κ2) is 7.44. The highest BCUT2D eigenvalue weighted by Crippen LogP contribution is 2.49. The molecule has 0 unspecified atom stereocenters. The Morgan fingerprint density at radius 3 is 2.39 bits per heavy atom. The average Bonchev–Trinajstić information content (AvgIpc) is 2.80. The predicted octanol–water partition coefficient (Wildman–Crippen LogP) is 5.23. The van der Waals surface area contributed by atoms with Crippen molar-refractivity contribution in [3.8, 4) is 5.75 Å². The Hall–Kier alpha value is -4.20. The SMILES string of the molecule is Cc1ccc(N2C(=O)N(C(=O)c3ccc([N+](=O)[O-])cc3)[C@H]3C[C@]2(C)Oc2ccccc23)cc1. The Kier molecular flexibility index (Phi) is 4.67. The van der Waals surface area contributed by atoms with E-state index >= 15 is 0 Å². The molecule has 166 valence electrons. The van der Waals surface area contributed by atoms with E-state index in [1.165, 1.54) is 34.1 Å². The molecule has 3 aromatic rings. The highest BCUT2D eigenvalue weighted by Gasteiger charge is 2.55. The maximum absolute atomic E-state index is 13.9. The quantitative estimate of drug-likeness (QED) is 0.408. The van der Waals surface area contributed by atoms with Gasteiger partial charge in [-0.05, 0) is 44.2 Å². The van der Waals surface area contributed by atoms with E-state index < -0.39 is 28.6 Å². The highest BCUT2D eigenvalue weighted by molar-refractivity contribution is 6.10. The fraction of sp³-hybridized carbons (Fsp3) is 0.200. The third kappa shape index (κ3) is 3.31. The normalized spacial score (nSPS) is 21.3. The number of anilines is 1. The predicted molar refractivity (Wildman–Crippen MR) is 121 cm³/mol. The molecule has 1 fully saturated rings. The fourth-order valence-corrected chi connectivity index (χ4v) is 4.58. The number of amides is 3. The van der Waals surface area contributed by atoms with E-state index in [1.54, 1.807) is 0 Å². The van der Waals surface area contributed by atoms with Gasteiger partial charge in [-0.1, -0.05) is 35.9 Å². The number of non-ortho nitro benzene ring substituents is 1. The number of benzene rings is 3. The van der Waals surface area contributed by atoms with Crippen LogP contribution in [0.1, 0.15) is 40.9 Å². The Balaban J connectivity index is 1.63. The second-order valence-electron chi connectivity index (χ2n) is 8.47. The molecule has 0 N–H and O–H groups in total. The van der Waals surface area contributed by atoms with Crippen molar-refractivity contribution >= 4 is 23.3 Å². The van der Waals surface area contributed by atoms with E-state index in [1.807, 2.05) is 62.4 Å². The number of hydrogen-bond donors (Lipinski definition) is 0. The van der Waals surface area contributed by atoms with Crippen LogP contribution in [-0.2, 0) is 0 Å². The summed E-state index contributed by atoms with van der Waals surface area (Å²) in [5.41, 5.74) is 1.50. The summed E-state index contributed by atoms with van der Waals surface area (Å²) in [7, 11) is 0. The molecular formula is C25H21N3O5. The number of aryl methyl sites for hydroxylation is 1. The minimum absolute atomic E-state index is 0.123. The molecule has 8 nitrogen and oxygen atoms in total. The monoisotopic (exact) mass is 443 g/mol. The van der Waals surface area contributed by atoms with E-state index in [9.17, 15) is 19.7 Å². The lowest BCUT2D eigenvalue weighted by atomic mass is 9.88. The molecule has 1 saturated heterocycles.